The molecule has 2 amide bonds. The Hall–Kier alpha value is -0.870. The zero-order valence-electron chi connectivity index (χ0n) is 9.25. The molecule has 0 aliphatic carbocycles. The summed E-state index contributed by atoms with van der Waals surface area (Å²) in [6, 6.07) is -0.276. The van der Waals surface area contributed by atoms with Gasteiger partial charge in [-0.3, -0.25) is 0 Å². The van der Waals surface area contributed by atoms with Gasteiger partial charge in [0.05, 0.1) is 6.54 Å². The maximum atomic E-state index is 12.1. The molecule has 1 saturated heterocycles. The molecule has 1 fully saturated rings. The number of hydrogen-bond donors (Lipinski definition) is 0. The first-order chi connectivity index (χ1) is 7.00. The van der Waals surface area contributed by atoms with E-state index in [0.717, 1.165) is 17.7 Å². The summed E-state index contributed by atoms with van der Waals surface area (Å²) >= 11 is 0. The van der Waals surface area contributed by atoms with E-state index in [1.165, 1.54) is 7.05 Å². The van der Waals surface area contributed by atoms with E-state index in [4.69, 9.17) is 0 Å². The first kappa shape index (κ1) is 12.2. The molecule has 0 radical (unpaired) electrons. The van der Waals surface area contributed by atoms with Gasteiger partial charge < -0.3 is 9.80 Å². The lowest BCUT2D eigenvalue weighted by molar-refractivity contribution is 0.0894. The normalized spacial score (nSPS) is 18.3. The van der Waals surface area contributed by atoms with Crippen LogP contribution in [0, 0.1) is 5.92 Å². The van der Waals surface area contributed by atoms with Crippen LogP contribution < -0.4 is 0 Å². The molecule has 5 heteroatoms. The van der Waals surface area contributed by atoms with Crippen LogP contribution in [0.2, 0.25) is 0 Å². The van der Waals surface area contributed by atoms with Gasteiger partial charge in [0, 0.05) is 20.1 Å². The number of nitrogens with zero attached hydrogens (tertiary/aromatic N) is 2. The number of halogens is 2. The van der Waals surface area contributed by atoms with Gasteiger partial charge in [-0.05, 0) is 18.8 Å². The summed E-state index contributed by atoms with van der Waals surface area (Å²) in [6.45, 7) is 3.04. The Kier molecular flexibility index (Phi) is 4.29. The molecule has 88 valence electrons. The first-order valence-corrected chi connectivity index (χ1v) is 5.29. The minimum atomic E-state index is -2.46. The molecule has 0 atom stereocenters. The second kappa shape index (κ2) is 5.28. The fourth-order valence-electron chi connectivity index (χ4n) is 1.73. The number of amides is 2. The maximum absolute atomic E-state index is 12.1. The molecule has 0 unspecified atom stereocenters. The van der Waals surface area contributed by atoms with Crippen molar-refractivity contribution in [3.8, 4) is 0 Å². The van der Waals surface area contributed by atoms with Crippen LogP contribution in [0.1, 0.15) is 19.8 Å². The van der Waals surface area contributed by atoms with Crippen LogP contribution in [0.5, 0.6) is 0 Å². The van der Waals surface area contributed by atoms with Gasteiger partial charge in [-0.1, -0.05) is 6.92 Å². The molecule has 0 saturated carbocycles. The Bertz CT molecular complexity index is 215. The molecule has 1 rings (SSSR count). The van der Waals surface area contributed by atoms with Gasteiger partial charge in [0.15, 0.2) is 0 Å². The highest BCUT2D eigenvalue weighted by Crippen LogP contribution is 2.17. The first-order valence-electron chi connectivity index (χ1n) is 5.29. The lowest BCUT2D eigenvalue weighted by atomic mass is 10.00. The second-order valence-electron chi connectivity index (χ2n) is 4.22. The van der Waals surface area contributed by atoms with Crippen LogP contribution in [0.15, 0.2) is 0 Å². The van der Waals surface area contributed by atoms with Crippen molar-refractivity contribution in [2.24, 2.45) is 5.92 Å². The van der Waals surface area contributed by atoms with Crippen molar-refractivity contribution in [1.82, 2.24) is 9.80 Å². The van der Waals surface area contributed by atoms with Crippen LogP contribution >= 0.6 is 0 Å². The fourth-order valence-corrected chi connectivity index (χ4v) is 1.73. The van der Waals surface area contributed by atoms with E-state index in [1.54, 1.807) is 4.90 Å². The molecular weight excluding hydrogens is 202 g/mol. The molecular formula is C10H18F2N2O. The van der Waals surface area contributed by atoms with Gasteiger partial charge in [-0.25, -0.2) is 13.6 Å². The summed E-state index contributed by atoms with van der Waals surface area (Å²) < 4.78 is 24.1. The third-order valence-corrected chi connectivity index (χ3v) is 2.79. The average molecular weight is 220 g/mol. The quantitative estimate of drug-likeness (QED) is 0.698. The van der Waals surface area contributed by atoms with Crippen molar-refractivity contribution < 1.29 is 13.6 Å². The molecule has 0 N–H and O–H groups in total. The van der Waals surface area contributed by atoms with Crippen LogP contribution in [0.4, 0.5) is 13.6 Å². The Morgan fingerprint density at radius 2 is 2.00 bits per heavy atom. The van der Waals surface area contributed by atoms with Crippen molar-refractivity contribution in [2.45, 2.75) is 26.2 Å². The van der Waals surface area contributed by atoms with Crippen LogP contribution in [0.3, 0.4) is 0 Å². The highest BCUT2D eigenvalue weighted by Gasteiger charge is 2.24. The molecule has 3 nitrogen and oxygen atoms in total. The zero-order valence-corrected chi connectivity index (χ0v) is 9.25. The third kappa shape index (κ3) is 3.64. The fraction of sp³-hybridized carbons (Fsp3) is 0.900. The van der Waals surface area contributed by atoms with Gasteiger partial charge >= 0.3 is 6.03 Å². The molecule has 1 aliphatic rings. The highest BCUT2D eigenvalue weighted by molar-refractivity contribution is 5.74. The number of rotatable bonds is 2. The smallest absolute Gasteiger partial charge is 0.319 e. The second-order valence-corrected chi connectivity index (χ2v) is 4.22. The van der Waals surface area contributed by atoms with Crippen molar-refractivity contribution in [1.29, 1.82) is 0 Å². The van der Waals surface area contributed by atoms with Crippen molar-refractivity contribution >= 4 is 6.03 Å². The van der Waals surface area contributed by atoms with E-state index in [-0.39, 0.29) is 6.03 Å². The molecule has 0 aromatic heterocycles. The highest BCUT2D eigenvalue weighted by atomic mass is 19.3. The summed E-state index contributed by atoms with van der Waals surface area (Å²) in [5.41, 5.74) is 0. The lowest BCUT2D eigenvalue weighted by Crippen LogP contribution is -2.46. The number of likely N-dealkylation sites (tertiary alicyclic amines) is 1. The standard InChI is InChI=1S/C10H18F2N2O/c1-8-3-5-14(6-4-8)10(15)13(2)7-9(11)12/h8-9H,3-7H2,1-2H3. The molecule has 0 spiro atoms. The SMILES string of the molecule is CC1CCN(C(=O)N(C)CC(F)F)CC1. The van der Waals surface area contributed by atoms with E-state index in [0.29, 0.717) is 19.0 Å². The largest absolute Gasteiger partial charge is 0.325 e. The Balaban J connectivity index is 2.39. The summed E-state index contributed by atoms with van der Waals surface area (Å²) in [5, 5.41) is 0. The number of alkyl halides is 2. The summed E-state index contributed by atoms with van der Waals surface area (Å²) in [5.74, 6) is 0.634. The van der Waals surface area contributed by atoms with E-state index in [1.807, 2.05) is 0 Å². The van der Waals surface area contributed by atoms with Crippen LogP contribution in [-0.2, 0) is 0 Å². The molecule has 0 aromatic rings. The van der Waals surface area contributed by atoms with Gasteiger partial charge in [0.2, 0.25) is 0 Å². The third-order valence-electron chi connectivity index (χ3n) is 2.79. The number of piperidine rings is 1. The Labute approximate surface area is 89.0 Å². The van der Waals surface area contributed by atoms with Gasteiger partial charge in [0.1, 0.15) is 0 Å². The monoisotopic (exact) mass is 220 g/mol. The summed E-state index contributed by atoms with van der Waals surface area (Å²) in [6.07, 6.45) is -0.523. The van der Waals surface area contributed by atoms with Gasteiger partial charge in [0.25, 0.3) is 6.43 Å². The minimum Gasteiger partial charge on any atom is -0.325 e. The molecule has 1 aliphatic heterocycles. The Morgan fingerprint density at radius 3 is 2.47 bits per heavy atom. The van der Waals surface area contributed by atoms with Crippen molar-refractivity contribution in [3.05, 3.63) is 0 Å². The van der Waals surface area contributed by atoms with Crippen LogP contribution in [-0.4, -0.2) is 48.9 Å². The molecule has 0 aromatic carbocycles. The van der Waals surface area contributed by atoms with Crippen LogP contribution in [0.25, 0.3) is 0 Å². The van der Waals surface area contributed by atoms with Gasteiger partial charge in [-0.15, -0.1) is 0 Å². The minimum absolute atomic E-state index is 0.276. The molecule has 1 heterocycles. The number of carbonyl (C=O) groups is 1. The van der Waals surface area contributed by atoms with E-state index in [2.05, 4.69) is 6.92 Å². The van der Waals surface area contributed by atoms with E-state index in [9.17, 15) is 13.6 Å². The number of urea groups is 1. The van der Waals surface area contributed by atoms with Crippen molar-refractivity contribution in [3.63, 3.8) is 0 Å². The summed E-state index contributed by atoms with van der Waals surface area (Å²) in [4.78, 5) is 14.4. The summed E-state index contributed by atoms with van der Waals surface area (Å²) in [7, 11) is 1.42. The Morgan fingerprint density at radius 1 is 1.47 bits per heavy atom. The van der Waals surface area contributed by atoms with Crippen molar-refractivity contribution in [2.75, 3.05) is 26.7 Å². The van der Waals surface area contributed by atoms with E-state index < -0.39 is 13.0 Å². The predicted molar refractivity (Wildman–Crippen MR) is 54.0 cm³/mol. The van der Waals surface area contributed by atoms with E-state index >= 15 is 0 Å². The average Bonchev–Trinajstić information content (AvgIpc) is 2.17. The zero-order chi connectivity index (χ0) is 11.4. The number of hydrogen-bond acceptors (Lipinski definition) is 1. The topological polar surface area (TPSA) is 23.6 Å². The predicted octanol–water partition coefficient (Wildman–Crippen LogP) is 2.04. The maximum Gasteiger partial charge on any atom is 0.319 e. The molecule has 15 heavy (non-hydrogen) atoms. The molecule has 0 bridgehead atoms. The van der Waals surface area contributed by atoms with Gasteiger partial charge in [-0.2, -0.15) is 0 Å². The lowest BCUT2D eigenvalue weighted by Gasteiger charge is -2.33. The number of carbonyl (C=O) groups excluding carboxylic acids is 1.